The van der Waals surface area contributed by atoms with E-state index in [0.717, 1.165) is 18.9 Å². The first kappa shape index (κ1) is 11.7. The molecule has 1 heterocycles. The number of nitrogens with two attached hydrogens (primary N) is 1. The van der Waals surface area contributed by atoms with E-state index in [-0.39, 0.29) is 0 Å². The summed E-state index contributed by atoms with van der Waals surface area (Å²) in [6.45, 7) is 8.41. The van der Waals surface area contributed by atoms with Crippen molar-refractivity contribution in [2.45, 2.75) is 32.1 Å². The van der Waals surface area contributed by atoms with Crippen LogP contribution in [0.25, 0.3) is 0 Å². The van der Waals surface area contributed by atoms with E-state index in [1.54, 1.807) is 0 Å². The number of hydrogen-bond donors (Lipinski definition) is 1. The van der Waals surface area contributed by atoms with Gasteiger partial charge < -0.3 is 10.6 Å². The fourth-order valence-corrected chi connectivity index (χ4v) is 2.28. The van der Waals surface area contributed by atoms with Crippen LogP contribution in [0.4, 0.5) is 0 Å². The van der Waals surface area contributed by atoms with Crippen LogP contribution in [-0.2, 0) is 0 Å². The number of likely N-dealkylation sites (tertiary alicyclic amines) is 1. The Morgan fingerprint density at radius 3 is 3.07 bits per heavy atom. The maximum absolute atomic E-state index is 5.59. The largest absolute Gasteiger partial charge is 0.330 e. The fraction of sp³-hybridized carbons (Fsp3) is 0.833. The summed E-state index contributed by atoms with van der Waals surface area (Å²) in [6, 6.07) is 0. The van der Waals surface area contributed by atoms with Gasteiger partial charge in [0.15, 0.2) is 0 Å². The summed E-state index contributed by atoms with van der Waals surface area (Å²) in [6.07, 6.45) is 8.38. The molecule has 82 valence electrons. The molecule has 14 heavy (non-hydrogen) atoms. The van der Waals surface area contributed by atoms with Gasteiger partial charge in [0.05, 0.1) is 0 Å². The molecule has 0 bridgehead atoms. The molecule has 0 aromatic carbocycles. The minimum absolute atomic E-state index is 0.852. The zero-order valence-electron chi connectivity index (χ0n) is 9.25. The average Bonchev–Trinajstić information content (AvgIpc) is 2.19. The van der Waals surface area contributed by atoms with Crippen molar-refractivity contribution in [3.8, 4) is 0 Å². The van der Waals surface area contributed by atoms with E-state index in [1.807, 2.05) is 6.08 Å². The van der Waals surface area contributed by atoms with Crippen molar-refractivity contribution in [3.63, 3.8) is 0 Å². The van der Waals surface area contributed by atoms with Crippen LogP contribution in [0.3, 0.4) is 0 Å². The van der Waals surface area contributed by atoms with Crippen LogP contribution >= 0.6 is 0 Å². The van der Waals surface area contributed by atoms with E-state index in [2.05, 4.69) is 11.5 Å². The van der Waals surface area contributed by atoms with Crippen LogP contribution < -0.4 is 5.73 Å². The van der Waals surface area contributed by atoms with E-state index >= 15 is 0 Å². The standard InChI is InChI=1S/C12H24N2/c1-2-3-4-9-14-10-5-6-12(11-14)7-8-13/h2,12H,1,3-11,13H2. The van der Waals surface area contributed by atoms with Crippen LogP contribution in [0.15, 0.2) is 12.7 Å². The monoisotopic (exact) mass is 196 g/mol. The number of allylic oxidation sites excluding steroid dienone is 1. The highest BCUT2D eigenvalue weighted by atomic mass is 15.1. The lowest BCUT2D eigenvalue weighted by Gasteiger charge is -2.32. The summed E-state index contributed by atoms with van der Waals surface area (Å²) in [4.78, 5) is 2.59. The van der Waals surface area contributed by atoms with Crippen molar-refractivity contribution < 1.29 is 0 Å². The third kappa shape index (κ3) is 4.25. The summed E-state index contributed by atoms with van der Waals surface area (Å²) < 4.78 is 0. The molecule has 0 radical (unpaired) electrons. The van der Waals surface area contributed by atoms with E-state index in [0.29, 0.717) is 0 Å². The molecule has 1 saturated heterocycles. The summed E-state index contributed by atoms with van der Waals surface area (Å²) in [7, 11) is 0. The van der Waals surface area contributed by atoms with Gasteiger partial charge in [0.25, 0.3) is 0 Å². The van der Waals surface area contributed by atoms with Gasteiger partial charge in [-0.05, 0) is 57.7 Å². The molecular formula is C12H24N2. The Bertz CT molecular complexity index is 154. The van der Waals surface area contributed by atoms with Gasteiger partial charge in [-0.3, -0.25) is 0 Å². The minimum Gasteiger partial charge on any atom is -0.330 e. The first-order valence-electron chi connectivity index (χ1n) is 5.90. The van der Waals surface area contributed by atoms with E-state index in [9.17, 15) is 0 Å². The molecule has 1 aliphatic heterocycles. The molecule has 1 fully saturated rings. The maximum atomic E-state index is 5.59. The molecule has 1 rings (SSSR count). The SMILES string of the molecule is C=CCCCN1CCCC(CCN)C1. The van der Waals surface area contributed by atoms with Crippen LogP contribution in [0, 0.1) is 5.92 Å². The van der Waals surface area contributed by atoms with Gasteiger partial charge in [0.1, 0.15) is 0 Å². The Kier molecular flexibility index (Phi) is 5.88. The molecule has 0 aliphatic carbocycles. The lowest BCUT2D eigenvalue weighted by Crippen LogP contribution is -2.36. The maximum Gasteiger partial charge on any atom is 0.00101 e. The van der Waals surface area contributed by atoms with Crippen molar-refractivity contribution in [3.05, 3.63) is 12.7 Å². The average molecular weight is 196 g/mol. The molecule has 2 N–H and O–H groups in total. The highest BCUT2D eigenvalue weighted by Crippen LogP contribution is 2.19. The van der Waals surface area contributed by atoms with E-state index < -0.39 is 0 Å². The zero-order valence-corrected chi connectivity index (χ0v) is 9.25. The summed E-state index contributed by atoms with van der Waals surface area (Å²) in [5.41, 5.74) is 5.59. The smallest absolute Gasteiger partial charge is 0.00101 e. The fourth-order valence-electron chi connectivity index (χ4n) is 2.28. The lowest BCUT2D eigenvalue weighted by molar-refractivity contribution is 0.169. The molecule has 0 aromatic rings. The second kappa shape index (κ2) is 7.02. The number of unbranched alkanes of at least 4 members (excludes halogenated alkanes) is 1. The quantitative estimate of drug-likeness (QED) is 0.520. The molecule has 2 heteroatoms. The van der Waals surface area contributed by atoms with Gasteiger partial charge in [-0.1, -0.05) is 6.08 Å². The molecule has 1 aliphatic rings. The van der Waals surface area contributed by atoms with Crippen LogP contribution in [0.5, 0.6) is 0 Å². The molecule has 0 saturated carbocycles. The Hall–Kier alpha value is -0.340. The van der Waals surface area contributed by atoms with Gasteiger partial charge in [-0.2, -0.15) is 0 Å². The summed E-state index contributed by atoms with van der Waals surface area (Å²) in [5, 5.41) is 0. The number of piperidine rings is 1. The third-order valence-corrected chi connectivity index (χ3v) is 3.06. The Balaban J connectivity index is 2.15. The molecule has 0 spiro atoms. The van der Waals surface area contributed by atoms with Gasteiger partial charge in [0.2, 0.25) is 0 Å². The molecule has 0 amide bonds. The summed E-state index contributed by atoms with van der Waals surface area (Å²) >= 11 is 0. The Morgan fingerprint density at radius 2 is 2.36 bits per heavy atom. The predicted octanol–water partition coefficient (Wildman–Crippen LogP) is 2.01. The highest BCUT2D eigenvalue weighted by molar-refractivity contribution is 4.74. The zero-order chi connectivity index (χ0) is 10.2. The van der Waals surface area contributed by atoms with Crippen LogP contribution in [0.1, 0.15) is 32.1 Å². The Labute approximate surface area is 88.2 Å². The van der Waals surface area contributed by atoms with Gasteiger partial charge in [0, 0.05) is 6.54 Å². The number of nitrogens with zero attached hydrogens (tertiary/aromatic N) is 1. The first-order valence-corrected chi connectivity index (χ1v) is 5.90. The normalized spacial score (nSPS) is 23.6. The first-order chi connectivity index (χ1) is 6.86. The van der Waals surface area contributed by atoms with Gasteiger partial charge in [-0.15, -0.1) is 6.58 Å². The molecule has 1 unspecified atom stereocenters. The number of hydrogen-bond acceptors (Lipinski definition) is 2. The second-order valence-electron chi connectivity index (χ2n) is 4.32. The third-order valence-electron chi connectivity index (χ3n) is 3.06. The van der Waals surface area contributed by atoms with E-state index in [1.165, 1.54) is 45.3 Å². The lowest BCUT2D eigenvalue weighted by atomic mass is 9.95. The Morgan fingerprint density at radius 1 is 1.50 bits per heavy atom. The second-order valence-corrected chi connectivity index (χ2v) is 4.32. The predicted molar refractivity (Wildman–Crippen MR) is 62.3 cm³/mol. The van der Waals surface area contributed by atoms with Crippen molar-refractivity contribution in [1.82, 2.24) is 4.90 Å². The molecule has 0 aromatic heterocycles. The molecular weight excluding hydrogens is 172 g/mol. The van der Waals surface area contributed by atoms with Gasteiger partial charge in [-0.25, -0.2) is 0 Å². The highest BCUT2D eigenvalue weighted by Gasteiger charge is 2.18. The van der Waals surface area contributed by atoms with Crippen molar-refractivity contribution in [2.24, 2.45) is 11.7 Å². The number of rotatable bonds is 6. The van der Waals surface area contributed by atoms with Crippen molar-refractivity contribution in [1.29, 1.82) is 0 Å². The van der Waals surface area contributed by atoms with Crippen molar-refractivity contribution in [2.75, 3.05) is 26.2 Å². The van der Waals surface area contributed by atoms with Crippen LogP contribution in [0.2, 0.25) is 0 Å². The van der Waals surface area contributed by atoms with Crippen molar-refractivity contribution >= 4 is 0 Å². The molecule has 1 atom stereocenters. The molecule has 2 nitrogen and oxygen atoms in total. The minimum atomic E-state index is 0.852. The van der Waals surface area contributed by atoms with E-state index in [4.69, 9.17) is 5.73 Å². The summed E-state index contributed by atoms with van der Waals surface area (Å²) in [5.74, 6) is 0.859. The van der Waals surface area contributed by atoms with Gasteiger partial charge >= 0.3 is 0 Å². The topological polar surface area (TPSA) is 29.3 Å². The van der Waals surface area contributed by atoms with Crippen LogP contribution in [-0.4, -0.2) is 31.1 Å².